The number of nitrogens with zero attached hydrogens (tertiary/aromatic N) is 2. The highest BCUT2D eigenvalue weighted by atomic mass is 32.2. The normalized spacial score (nSPS) is 11.1. The molecule has 0 aliphatic heterocycles. The molecule has 8 nitrogen and oxygen atoms in total. The van der Waals surface area contributed by atoms with Gasteiger partial charge in [0.05, 0.1) is 16.3 Å². The molecule has 1 aromatic heterocycles. The fourth-order valence-electron chi connectivity index (χ4n) is 1.54. The Labute approximate surface area is 121 Å². The Morgan fingerprint density at radius 1 is 1.24 bits per heavy atom. The zero-order valence-corrected chi connectivity index (χ0v) is 12.3. The van der Waals surface area contributed by atoms with Crippen LogP contribution in [0.2, 0.25) is 0 Å². The molecule has 1 heterocycles. The maximum absolute atomic E-state index is 12.2. The van der Waals surface area contributed by atoms with Gasteiger partial charge in [0.25, 0.3) is 10.0 Å². The number of benzene rings is 1. The minimum Gasteiger partial charge on any atom is -0.370 e. The van der Waals surface area contributed by atoms with Crippen LogP contribution >= 0.6 is 0 Å². The van der Waals surface area contributed by atoms with Crippen LogP contribution in [0.3, 0.4) is 0 Å². The zero-order chi connectivity index (χ0) is 15.6. The van der Waals surface area contributed by atoms with Gasteiger partial charge in [0.2, 0.25) is 5.88 Å². The first-order valence-electron chi connectivity index (χ1n) is 5.95. The molecule has 0 saturated heterocycles. The summed E-state index contributed by atoms with van der Waals surface area (Å²) >= 11 is 0. The van der Waals surface area contributed by atoms with E-state index in [1.807, 2.05) is 0 Å². The molecule has 2 aromatic rings. The van der Waals surface area contributed by atoms with Gasteiger partial charge in [-0.25, -0.2) is 18.1 Å². The van der Waals surface area contributed by atoms with E-state index in [9.17, 15) is 8.42 Å². The van der Waals surface area contributed by atoms with Crippen LogP contribution in [0.25, 0.3) is 0 Å². The quantitative estimate of drug-likeness (QED) is 0.569. The lowest BCUT2D eigenvalue weighted by atomic mass is 10.3. The van der Waals surface area contributed by atoms with Crippen LogP contribution in [0.4, 0.5) is 11.6 Å². The molecule has 9 heteroatoms. The van der Waals surface area contributed by atoms with Crippen LogP contribution in [0.5, 0.6) is 0 Å². The Balaban J connectivity index is 2.27. The fourth-order valence-corrected chi connectivity index (χ4v) is 2.59. The second-order valence-corrected chi connectivity index (χ2v) is 6.04. The van der Waals surface area contributed by atoms with Gasteiger partial charge in [-0.1, -0.05) is 5.16 Å². The predicted molar refractivity (Wildman–Crippen MR) is 78.7 cm³/mol. The summed E-state index contributed by atoms with van der Waals surface area (Å²) in [5.74, 6) is -0.00251. The summed E-state index contributed by atoms with van der Waals surface area (Å²) in [5.41, 5.74) is 12.2. The van der Waals surface area contributed by atoms with Crippen molar-refractivity contribution in [1.82, 2.24) is 5.16 Å². The van der Waals surface area contributed by atoms with Crippen molar-refractivity contribution < 1.29 is 12.9 Å². The maximum atomic E-state index is 12.2. The lowest BCUT2D eigenvalue weighted by Gasteiger charge is -2.06. The van der Waals surface area contributed by atoms with Crippen LogP contribution in [0.1, 0.15) is 11.3 Å². The summed E-state index contributed by atoms with van der Waals surface area (Å²) in [5, 5.41) is 3.69. The van der Waals surface area contributed by atoms with Crippen LogP contribution in [-0.4, -0.2) is 19.5 Å². The third-order valence-corrected chi connectivity index (χ3v) is 4.14. The molecule has 0 spiro atoms. The first-order chi connectivity index (χ1) is 9.79. The number of anilines is 1. The van der Waals surface area contributed by atoms with E-state index in [1.165, 1.54) is 24.3 Å². The third-order valence-electron chi connectivity index (χ3n) is 2.79. The zero-order valence-electron chi connectivity index (χ0n) is 11.5. The van der Waals surface area contributed by atoms with Crippen molar-refractivity contribution in [3.8, 4) is 0 Å². The molecule has 0 aliphatic rings. The SMILES string of the molecule is Cc1noc(NS(=O)(=O)c2ccc(N=C(N)N)cc2)c1C. The summed E-state index contributed by atoms with van der Waals surface area (Å²) in [7, 11) is -3.76. The summed E-state index contributed by atoms with van der Waals surface area (Å²) < 4.78 is 31.7. The molecular weight excluding hydrogens is 294 g/mol. The third kappa shape index (κ3) is 3.31. The Morgan fingerprint density at radius 3 is 2.33 bits per heavy atom. The molecule has 0 unspecified atom stereocenters. The lowest BCUT2D eigenvalue weighted by Crippen LogP contribution is -2.21. The largest absolute Gasteiger partial charge is 0.370 e. The van der Waals surface area contributed by atoms with Gasteiger partial charge in [0.15, 0.2) is 5.96 Å². The fraction of sp³-hybridized carbons (Fsp3) is 0.167. The number of aliphatic imine (C=N–C) groups is 1. The number of hydrogen-bond donors (Lipinski definition) is 3. The molecule has 0 amide bonds. The van der Waals surface area contributed by atoms with Gasteiger partial charge in [-0.2, -0.15) is 0 Å². The van der Waals surface area contributed by atoms with Crippen LogP contribution in [0, 0.1) is 13.8 Å². The van der Waals surface area contributed by atoms with Crippen LogP contribution < -0.4 is 16.2 Å². The monoisotopic (exact) mass is 309 g/mol. The van der Waals surface area contributed by atoms with Gasteiger partial charge in [-0.05, 0) is 38.1 Å². The minimum atomic E-state index is -3.76. The van der Waals surface area contributed by atoms with E-state index in [0.29, 0.717) is 16.9 Å². The smallest absolute Gasteiger partial charge is 0.264 e. The Morgan fingerprint density at radius 2 is 1.86 bits per heavy atom. The number of sulfonamides is 1. The van der Waals surface area contributed by atoms with E-state index in [4.69, 9.17) is 16.0 Å². The van der Waals surface area contributed by atoms with Crippen LogP contribution in [0.15, 0.2) is 38.7 Å². The van der Waals surface area contributed by atoms with E-state index < -0.39 is 10.0 Å². The van der Waals surface area contributed by atoms with Gasteiger partial charge in [-0.15, -0.1) is 0 Å². The molecule has 0 aliphatic carbocycles. The Bertz CT molecular complexity index is 774. The van der Waals surface area contributed by atoms with Crippen molar-refractivity contribution >= 4 is 27.6 Å². The van der Waals surface area contributed by atoms with Crippen molar-refractivity contribution in [2.45, 2.75) is 18.7 Å². The number of aromatic nitrogens is 1. The highest BCUT2D eigenvalue weighted by Gasteiger charge is 2.18. The van der Waals surface area contributed by atoms with Crippen molar-refractivity contribution in [3.63, 3.8) is 0 Å². The number of hydrogen-bond acceptors (Lipinski definition) is 5. The molecule has 0 fully saturated rings. The van der Waals surface area contributed by atoms with E-state index in [1.54, 1.807) is 13.8 Å². The van der Waals surface area contributed by atoms with Gasteiger partial charge in [0, 0.05) is 5.56 Å². The van der Waals surface area contributed by atoms with E-state index >= 15 is 0 Å². The number of rotatable bonds is 4. The van der Waals surface area contributed by atoms with Gasteiger partial charge in [-0.3, -0.25) is 0 Å². The number of guanidine groups is 1. The second-order valence-electron chi connectivity index (χ2n) is 4.36. The standard InChI is InChI=1S/C12H15N5O3S/c1-7-8(2)16-20-11(7)17-21(18,19)10-5-3-9(4-6-10)15-12(13)14/h3-6,17H,1-2H3,(H4,13,14,15). The number of nitrogens with one attached hydrogen (secondary N) is 1. The lowest BCUT2D eigenvalue weighted by molar-refractivity contribution is 0.430. The summed E-state index contributed by atoms with van der Waals surface area (Å²) in [4.78, 5) is 3.87. The first-order valence-corrected chi connectivity index (χ1v) is 7.43. The summed E-state index contributed by atoms with van der Waals surface area (Å²) in [6.45, 7) is 3.44. The van der Waals surface area contributed by atoms with E-state index in [-0.39, 0.29) is 16.7 Å². The molecule has 112 valence electrons. The molecule has 1 aromatic carbocycles. The van der Waals surface area contributed by atoms with Crippen molar-refractivity contribution in [1.29, 1.82) is 0 Å². The molecule has 2 rings (SSSR count). The molecule has 5 N–H and O–H groups in total. The summed E-state index contributed by atoms with van der Waals surface area (Å²) in [6.07, 6.45) is 0. The molecule has 0 saturated carbocycles. The summed E-state index contributed by atoms with van der Waals surface area (Å²) in [6, 6.07) is 5.77. The van der Waals surface area contributed by atoms with Crippen molar-refractivity contribution in [2.24, 2.45) is 16.5 Å². The molecule has 0 radical (unpaired) electrons. The maximum Gasteiger partial charge on any atom is 0.264 e. The van der Waals surface area contributed by atoms with Crippen LogP contribution in [-0.2, 0) is 10.0 Å². The molecular formula is C12H15N5O3S. The van der Waals surface area contributed by atoms with E-state index in [0.717, 1.165) is 0 Å². The molecule has 21 heavy (non-hydrogen) atoms. The van der Waals surface area contributed by atoms with Gasteiger partial charge < -0.3 is 16.0 Å². The number of aryl methyl sites for hydroxylation is 1. The second kappa shape index (κ2) is 5.44. The Hall–Kier alpha value is -2.55. The van der Waals surface area contributed by atoms with Gasteiger partial charge >= 0.3 is 0 Å². The average molecular weight is 309 g/mol. The molecule has 0 atom stereocenters. The highest BCUT2D eigenvalue weighted by Crippen LogP contribution is 2.23. The highest BCUT2D eigenvalue weighted by molar-refractivity contribution is 7.92. The van der Waals surface area contributed by atoms with E-state index in [2.05, 4.69) is 14.9 Å². The predicted octanol–water partition coefficient (Wildman–Crippen LogP) is 0.997. The van der Waals surface area contributed by atoms with Crippen molar-refractivity contribution in [3.05, 3.63) is 35.5 Å². The topological polar surface area (TPSA) is 137 Å². The molecule has 0 bridgehead atoms. The minimum absolute atomic E-state index is 0.0606. The number of nitrogens with two attached hydrogens (primary N) is 2. The van der Waals surface area contributed by atoms with Gasteiger partial charge in [0.1, 0.15) is 0 Å². The average Bonchev–Trinajstić information content (AvgIpc) is 2.70. The first kappa shape index (κ1) is 14.9. The van der Waals surface area contributed by atoms with Crippen molar-refractivity contribution in [2.75, 3.05) is 4.72 Å². The Kier molecular flexibility index (Phi) is 3.85.